The van der Waals surface area contributed by atoms with Gasteiger partial charge in [-0.15, -0.1) is 0 Å². The third kappa shape index (κ3) is 3.81. The number of rotatable bonds is 2. The van der Waals surface area contributed by atoms with Crippen LogP contribution in [-0.2, 0) is 6.18 Å². The predicted molar refractivity (Wildman–Crippen MR) is 82.1 cm³/mol. The van der Waals surface area contributed by atoms with Crippen LogP contribution < -0.4 is 5.73 Å². The first kappa shape index (κ1) is 19.4. The van der Waals surface area contributed by atoms with E-state index in [0.717, 1.165) is 18.3 Å². The van der Waals surface area contributed by atoms with E-state index in [1.807, 2.05) is 13.8 Å². The molecule has 1 heterocycles. The molecule has 0 fully saturated rings. The fraction of sp³-hybridized carbons (Fsp3) is 0.250. The highest BCUT2D eigenvalue weighted by Gasteiger charge is 2.37. The summed E-state index contributed by atoms with van der Waals surface area (Å²) in [5.41, 5.74) is 2.91. The number of hydrogen-bond donors (Lipinski definition) is 2. The average Bonchev–Trinajstić information content (AvgIpc) is 2.51. The van der Waals surface area contributed by atoms with Crippen molar-refractivity contribution in [1.29, 1.82) is 0 Å². The molecule has 2 rings (SSSR count). The first-order valence-electron chi connectivity index (χ1n) is 6.98. The third-order valence-electron chi connectivity index (χ3n) is 3.15. The summed E-state index contributed by atoms with van der Waals surface area (Å²) in [4.78, 5) is 14.7. The monoisotopic (exact) mass is 344 g/mol. The maximum Gasteiger partial charge on any atom is 0.417 e. The van der Waals surface area contributed by atoms with Crippen LogP contribution in [0.2, 0.25) is 0 Å². The van der Waals surface area contributed by atoms with Crippen LogP contribution in [0.5, 0.6) is 0 Å². The smallest absolute Gasteiger partial charge is 0.417 e. The van der Waals surface area contributed by atoms with Gasteiger partial charge in [-0.25, -0.2) is 9.18 Å². The van der Waals surface area contributed by atoms with Crippen molar-refractivity contribution in [2.45, 2.75) is 26.9 Å². The number of halogens is 4. The van der Waals surface area contributed by atoms with Gasteiger partial charge < -0.3 is 10.8 Å². The Hall–Kier alpha value is -2.64. The molecule has 4 nitrogen and oxygen atoms in total. The summed E-state index contributed by atoms with van der Waals surface area (Å²) >= 11 is 0. The van der Waals surface area contributed by atoms with Crippen LogP contribution in [0.4, 0.5) is 23.2 Å². The zero-order valence-corrected chi connectivity index (χ0v) is 13.2. The number of aromatic carboxylic acids is 1. The highest BCUT2D eigenvalue weighted by molar-refractivity contribution is 5.97. The number of nitrogens with two attached hydrogens (primary N) is 1. The van der Waals surface area contributed by atoms with Gasteiger partial charge in [-0.2, -0.15) is 13.2 Å². The lowest BCUT2D eigenvalue weighted by Crippen LogP contribution is -2.14. The number of pyridine rings is 1. The predicted octanol–water partition coefficient (Wildman–Crippen LogP) is 4.52. The molecule has 0 amide bonds. The van der Waals surface area contributed by atoms with E-state index in [4.69, 9.17) is 10.8 Å². The summed E-state index contributed by atoms with van der Waals surface area (Å²) in [6, 6.07) is 2.50. The van der Waals surface area contributed by atoms with Crippen LogP contribution in [0.1, 0.15) is 35.3 Å². The van der Waals surface area contributed by atoms with Crippen LogP contribution >= 0.6 is 0 Å². The summed E-state index contributed by atoms with van der Waals surface area (Å²) < 4.78 is 52.6. The molecule has 1 aromatic heterocycles. The number of alkyl halides is 3. The normalized spacial score (nSPS) is 10.8. The van der Waals surface area contributed by atoms with E-state index >= 15 is 0 Å². The Morgan fingerprint density at radius 3 is 2.25 bits per heavy atom. The summed E-state index contributed by atoms with van der Waals surface area (Å²) in [5.74, 6) is -2.27. The topological polar surface area (TPSA) is 76.2 Å². The molecule has 0 aliphatic rings. The highest BCUT2D eigenvalue weighted by Crippen LogP contribution is 2.41. The number of carboxylic acid groups (broad SMARTS) is 1. The molecule has 3 N–H and O–H groups in total. The van der Waals surface area contributed by atoms with Crippen LogP contribution in [0.3, 0.4) is 0 Å². The molecule has 2 aromatic rings. The molecule has 0 saturated heterocycles. The molecule has 0 aliphatic heterocycles. The molecule has 0 spiro atoms. The largest absolute Gasteiger partial charge is 0.478 e. The summed E-state index contributed by atoms with van der Waals surface area (Å²) in [5, 5.41) is 8.97. The number of nitrogens with zero attached hydrogens (tertiary/aromatic N) is 1. The molecular weight excluding hydrogens is 328 g/mol. The lowest BCUT2D eigenvalue weighted by molar-refractivity contribution is -0.137. The molecule has 1 aromatic carbocycles. The van der Waals surface area contributed by atoms with Gasteiger partial charge >= 0.3 is 12.1 Å². The molecule has 0 atom stereocenters. The maximum atomic E-state index is 13.2. The minimum absolute atomic E-state index is 0.0775. The van der Waals surface area contributed by atoms with Crippen molar-refractivity contribution >= 4 is 11.7 Å². The molecule has 0 unspecified atom stereocenters. The Labute approximate surface area is 135 Å². The van der Waals surface area contributed by atoms with Gasteiger partial charge in [-0.05, 0) is 30.7 Å². The van der Waals surface area contributed by atoms with Gasteiger partial charge in [0.25, 0.3) is 0 Å². The van der Waals surface area contributed by atoms with E-state index in [-0.39, 0.29) is 22.5 Å². The zero-order valence-electron chi connectivity index (χ0n) is 13.2. The number of benzene rings is 1. The fourth-order valence-electron chi connectivity index (χ4n) is 2.09. The van der Waals surface area contributed by atoms with Gasteiger partial charge in [0, 0.05) is 11.3 Å². The fourth-order valence-corrected chi connectivity index (χ4v) is 2.09. The summed E-state index contributed by atoms with van der Waals surface area (Å²) in [7, 11) is 0. The van der Waals surface area contributed by atoms with Crippen molar-refractivity contribution in [2.24, 2.45) is 0 Å². The Morgan fingerprint density at radius 2 is 1.83 bits per heavy atom. The Kier molecular flexibility index (Phi) is 5.89. The molecule has 8 heteroatoms. The van der Waals surface area contributed by atoms with E-state index in [1.54, 1.807) is 0 Å². The zero-order chi connectivity index (χ0) is 18.7. The van der Waals surface area contributed by atoms with Crippen LogP contribution in [-0.4, -0.2) is 16.1 Å². The Balaban J connectivity index is 0.00000139. The van der Waals surface area contributed by atoms with Crippen molar-refractivity contribution in [1.82, 2.24) is 4.98 Å². The van der Waals surface area contributed by atoms with Crippen molar-refractivity contribution < 1.29 is 27.5 Å². The average molecular weight is 344 g/mol. The number of carbonyl (C=O) groups is 1. The minimum atomic E-state index is -4.81. The van der Waals surface area contributed by atoms with E-state index in [1.165, 1.54) is 6.92 Å². The third-order valence-corrected chi connectivity index (χ3v) is 3.15. The molecule has 0 saturated carbocycles. The number of nitrogen functional groups attached to an aromatic ring is 1. The number of aromatic nitrogens is 1. The van der Waals surface area contributed by atoms with Crippen molar-refractivity contribution in [3.05, 3.63) is 46.9 Å². The SMILES string of the molecule is CC.Cc1c(N)c(C(=O)O)cc(C(F)(F)F)c1-c1ccc(F)cn1. The van der Waals surface area contributed by atoms with Gasteiger partial charge in [0.1, 0.15) is 5.82 Å². The van der Waals surface area contributed by atoms with E-state index in [2.05, 4.69) is 4.98 Å². The van der Waals surface area contributed by atoms with Crippen molar-refractivity contribution in [3.63, 3.8) is 0 Å². The first-order valence-corrected chi connectivity index (χ1v) is 6.98. The van der Waals surface area contributed by atoms with Gasteiger partial charge in [-0.3, -0.25) is 4.98 Å². The molecule has 0 bridgehead atoms. The van der Waals surface area contributed by atoms with Crippen molar-refractivity contribution in [2.75, 3.05) is 5.73 Å². The Bertz CT molecular complexity index is 741. The minimum Gasteiger partial charge on any atom is -0.478 e. The first-order chi connectivity index (χ1) is 11.1. The van der Waals surface area contributed by atoms with Crippen LogP contribution in [0, 0.1) is 12.7 Å². The number of anilines is 1. The lowest BCUT2D eigenvalue weighted by atomic mass is 9.93. The molecule has 0 radical (unpaired) electrons. The molecule has 0 aliphatic carbocycles. The quantitative estimate of drug-likeness (QED) is 0.620. The number of hydrogen-bond acceptors (Lipinski definition) is 3. The van der Waals surface area contributed by atoms with E-state index < -0.39 is 29.1 Å². The summed E-state index contributed by atoms with van der Waals surface area (Å²) in [6.45, 7) is 5.26. The second-order valence-corrected chi connectivity index (χ2v) is 4.55. The van der Waals surface area contributed by atoms with Gasteiger partial charge in [0.2, 0.25) is 0 Å². The van der Waals surface area contributed by atoms with E-state index in [0.29, 0.717) is 6.07 Å². The second kappa shape index (κ2) is 7.29. The molecule has 24 heavy (non-hydrogen) atoms. The van der Waals surface area contributed by atoms with Crippen LogP contribution in [0.25, 0.3) is 11.3 Å². The molecular formula is C16H16F4N2O2. The van der Waals surface area contributed by atoms with Gasteiger partial charge in [-0.1, -0.05) is 13.8 Å². The standard InChI is InChI=1S/C14H10F4N2O2.C2H6/c1-6-11(10-3-2-7(15)5-20-10)9(14(16,17)18)4-8(12(6)19)13(21)22;1-2/h2-5H,19H2,1H3,(H,21,22);1-2H3. The van der Waals surface area contributed by atoms with Gasteiger partial charge in [0.05, 0.1) is 23.0 Å². The Morgan fingerprint density at radius 1 is 1.25 bits per heavy atom. The number of carboxylic acids is 1. The highest BCUT2D eigenvalue weighted by atomic mass is 19.4. The second-order valence-electron chi connectivity index (χ2n) is 4.55. The lowest BCUT2D eigenvalue weighted by Gasteiger charge is -2.18. The van der Waals surface area contributed by atoms with Gasteiger partial charge in [0.15, 0.2) is 0 Å². The maximum absolute atomic E-state index is 13.2. The summed E-state index contributed by atoms with van der Waals surface area (Å²) in [6.07, 6.45) is -4.04. The van der Waals surface area contributed by atoms with Crippen molar-refractivity contribution in [3.8, 4) is 11.3 Å². The van der Waals surface area contributed by atoms with E-state index in [9.17, 15) is 22.4 Å². The molecule has 130 valence electrons. The van der Waals surface area contributed by atoms with Crippen LogP contribution in [0.15, 0.2) is 24.4 Å².